The fraction of sp³-hybridized carbons (Fsp3) is 0.400. The lowest BCUT2D eigenvalue weighted by Gasteiger charge is -2.13. The molecule has 2 aliphatic carbocycles. The highest BCUT2D eigenvalue weighted by atomic mass is 32.1. The third kappa shape index (κ3) is 1.56. The first-order valence-electron chi connectivity index (χ1n) is 6.82. The molecular weight excluding hydrogens is 272 g/mol. The summed E-state index contributed by atoms with van der Waals surface area (Å²) < 4.78 is 0. The molecule has 4 rings (SSSR count). The number of allylic oxidation sites excluding steroid dienone is 2. The van der Waals surface area contributed by atoms with E-state index in [0.29, 0.717) is 0 Å². The minimum atomic E-state index is -0.167. The molecule has 1 aliphatic heterocycles. The van der Waals surface area contributed by atoms with Gasteiger partial charge in [0.1, 0.15) is 0 Å². The van der Waals surface area contributed by atoms with Gasteiger partial charge in [-0.3, -0.25) is 9.59 Å². The molecule has 20 heavy (non-hydrogen) atoms. The van der Waals surface area contributed by atoms with Crippen LogP contribution in [0.25, 0.3) is 0 Å². The van der Waals surface area contributed by atoms with E-state index in [1.165, 1.54) is 4.88 Å². The summed E-state index contributed by atoms with van der Waals surface area (Å²) >= 11 is 1.60. The average molecular weight is 286 g/mol. The number of hydrazone groups is 1. The third-order valence-electron chi connectivity index (χ3n) is 4.51. The van der Waals surface area contributed by atoms with Gasteiger partial charge in [0.05, 0.1) is 18.1 Å². The maximum Gasteiger partial charge on any atom is 0.254 e. The number of hydrogen-bond acceptors (Lipinski definition) is 4. The molecule has 4 atom stereocenters. The summed E-state index contributed by atoms with van der Waals surface area (Å²) in [5.41, 5.74) is 0. The van der Waals surface area contributed by atoms with Crippen LogP contribution in [0.1, 0.15) is 16.2 Å². The molecule has 0 unspecified atom stereocenters. The monoisotopic (exact) mass is 286 g/mol. The maximum atomic E-state index is 12.4. The molecule has 0 aromatic carbocycles. The lowest BCUT2D eigenvalue weighted by atomic mass is 9.85. The SMILES string of the molecule is Cc1ccc(C=NN2C(=O)[C@@H]3[C@H](C2=O)[C@H]2C=C[C@H]3C2)s1. The topological polar surface area (TPSA) is 49.7 Å². The summed E-state index contributed by atoms with van der Waals surface area (Å²) in [5.74, 6) is -0.0986. The molecule has 1 saturated carbocycles. The molecule has 3 aliphatic rings. The van der Waals surface area contributed by atoms with Gasteiger partial charge < -0.3 is 0 Å². The zero-order valence-corrected chi connectivity index (χ0v) is 11.8. The van der Waals surface area contributed by atoms with Gasteiger partial charge in [0.2, 0.25) is 0 Å². The summed E-state index contributed by atoms with van der Waals surface area (Å²) in [5, 5.41) is 5.23. The Morgan fingerprint density at radius 3 is 2.40 bits per heavy atom. The molecule has 2 bridgehead atoms. The number of hydrogen-bond donors (Lipinski definition) is 0. The van der Waals surface area contributed by atoms with Gasteiger partial charge in [-0.25, -0.2) is 0 Å². The van der Waals surface area contributed by atoms with E-state index in [-0.39, 0.29) is 35.5 Å². The molecule has 0 N–H and O–H groups in total. The first-order chi connectivity index (χ1) is 9.65. The quantitative estimate of drug-likeness (QED) is 0.475. The molecule has 4 nitrogen and oxygen atoms in total. The maximum absolute atomic E-state index is 12.4. The van der Waals surface area contributed by atoms with E-state index >= 15 is 0 Å². The first-order valence-corrected chi connectivity index (χ1v) is 7.63. The molecule has 0 radical (unpaired) electrons. The standard InChI is InChI=1S/C15H14N2O2S/c1-8-2-5-11(20-8)7-16-17-14(18)12-9-3-4-10(6-9)13(12)15(17)19/h2-5,7,9-10,12-13H,6H2,1H3/t9-,10-,12-,13+/m0/s1. The highest BCUT2D eigenvalue weighted by Gasteiger charge is 2.59. The predicted octanol–water partition coefficient (Wildman–Crippen LogP) is 2.20. The number of thiophene rings is 1. The highest BCUT2D eigenvalue weighted by Crippen LogP contribution is 2.52. The van der Waals surface area contributed by atoms with E-state index in [4.69, 9.17) is 0 Å². The molecule has 1 aromatic heterocycles. The lowest BCUT2D eigenvalue weighted by Crippen LogP contribution is -2.28. The second-order valence-electron chi connectivity index (χ2n) is 5.68. The van der Waals surface area contributed by atoms with Crippen molar-refractivity contribution in [1.82, 2.24) is 5.01 Å². The zero-order valence-electron chi connectivity index (χ0n) is 11.0. The Balaban J connectivity index is 1.60. The van der Waals surface area contributed by atoms with E-state index < -0.39 is 0 Å². The van der Waals surface area contributed by atoms with Crippen molar-refractivity contribution in [3.05, 3.63) is 34.0 Å². The second kappa shape index (κ2) is 4.12. The summed E-state index contributed by atoms with van der Waals surface area (Å²) in [6.07, 6.45) is 6.75. The smallest absolute Gasteiger partial charge is 0.254 e. The molecule has 2 fully saturated rings. The Labute approximate surface area is 120 Å². The molecule has 0 spiro atoms. The Kier molecular flexibility index (Phi) is 2.48. The van der Waals surface area contributed by atoms with E-state index in [0.717, 1.165) is 16.3 Å². The Morgan fingerprint density at radius 1 is 1.20 bits per heavy atom. The molecular formula is C15H14N2O2S. The van der Waals surface area contributed by atoms with Crippen LogP contribution in [0.4, 0.5) is 0 Å². The van der Waals surface area contributed by atoms with E-state index in [2.05, 4.69) is 17.3 Å². The van der Waals surface area contributed by atoms with Gasteiger partial charge in [0, 0.05) is 9.75 Å². The summed E-state index contributed by atoms with van der Waals surface area (Å²) in [6, 6.07) is 3.94. The van der Waals surface area contributed by atoms with Crippen LogP contribution < -0.4 is 0 Å². The van der Waals surface area contributed by atoms with Crippen LogP contribution in [0.2, 0.25) is 0 Å². The lowest BCUT2D eigenvalue weighted by molar-refractivity contribution is -0.140. The van der Waals surface area contributed by atoms with Gasteiger partial charge in [0.25, 0.3) is 11.8 Å². The summed E-state index contributed by atoms with van der Waals surface area (Å²) in [6.45, 7) is 2.02. The van der Waals surface area contributed by atoms with Crippen molar-refractivity contribution in [2.24, 2.45) is 28.8 Å². The first kappa shape index (κ1) is 12.0. The van der Waals surface area contributed by atoms with Crippen molar-refractivity contribution in [3.8, 4) is 0 Å². The van der Waals surface area contributed by atoms with Crippen molar-refractivity contribution in [2.45, 2.75) is 13.3 Å². The normalized spacial score (nSPS) is 34.8. The van der Waals surface area contributed by atoms with Crippen LogP contribution in [0.15, 0.2) is 29.4 Å². The molecule has 5 heteroatoms. The van der Waals surface area contributed by atoms with Crippen molar-refractivity contribution in [3.63, 3.8) is 0 Å². The number of amides is 2. The van der Waals surface area contributed by atoms with Gasteiger partial charge >= 0.3 is 0 Å². The Morgan fingerprint density at radius 2 is 1.85 bits per heavy atom. The fourth-order valence-corrected chi connectivity index (χ4v) is 4.38. The summed E-state index contributed by atoms with van der Waals surface area (Å²) in [4.78, 5) is 26.9. The van der Waals surface area contributed by atoms with Crippen molar-refractivity contribution in [1.29, 1.82) is 0 Å². The number of rotatable bonds is 2. The highest BCUT2D eigenvalue weighted by molar-refractivity contribution is 7.13. The van der Waals surface area contributed by atoms with Gasteiger partial charge in [-0.2, -0.15) is 10.1 Å². The Bertz CT molecular complexity index is 631. The van der Waals surface area contributed by atoms with Crippen LogP contribution in [0.5, 0.6) is 0 Å². The van der Waals surface area contributed by atoms with Crippen molar-refractivity contribution in [2.75, 3.05) is 0 Å². The molecule has 2 heterocycles. The molecule has 1 saturated heterocycles. The van der Waals surface area contributed by atoms with Crippen LogP contribution in [0, 0.1) is 30.6 Å². The van der Waals surface area contributed by atoms with Crippen LogP contribution >= 0.6 is 11.3 Å². The number of aryl methyl sites for hydroxylation is 1. The van der Waals surface area contributed by atoms with Crippen LogP contribution in [-0.4, -0.2) is 23.0 Å². The second-order valence-corrected chi connectivity index (χ2v) is 7.00. The largest absolute Gasteiger partial charge is 0.272 e. The van der Waals surface area contributed by atoms with E-state index in [1.54, 1.807) is 17.6 Å². The van der Waals surface area contributed by atoms with E-state index in [1.807, 2.05) is 19.1 Å². The number of nitrogens with zero attached hydrogens (tertiary/aromatic N) is 2. The predicted molar refractivity (Wildman–Crippen MR) is 76.2 cm³/mol. The summed E-state index contributed by atoms with van der Waals surface area (Å²) in [7, 11) is 0. The van der Waals surface area contributed by atoms with Gasteiger partial charge in [-0.15, -0.1) is 11.3 Å². The number of carbonyl (C=O) groups is 2. The molecule has 2 amide bonds. The Hall–Kier alpha value is -1.75. The van der Waals surface area contributed by atoms with Crippen LogP contribution in [0.3, 0.4) is 0 Å². The van der Waals surface area contributed by atoms with Gasteiger partial charge in [0.15, 0.2) is 0 Å². The third-order valence-corrected chi connectivity index (χ3v) is 5.44. The number of fused-ring (bicyclic) bond motifs is 5. The molecule has 1 aromatic rings. The average Bonchev–Trinajstić information content (AvgIpc) is 3.15. The van der Waals surface area contributed by atoms with Gasteiger partial charge in [-0.05, 0) is 37.3 Å². The van der Waals surface area contributed by atoms with E-state index in [9.17, 15) is 9.59 Å². The fourth-order valence-electron chi connectivity index (χ4n) is 3.64. The minimum absolute atomic E-state index is 0.124. The van der Waals surface area contributed by atoms with Gasteiger partial charge in [-0.1, -0.05) is 12.2 Å². The zero-order chi connectivity index (χ0) is 13.9. The van der Waals surface area contributed by atoms with Crippen molar-refractivity contribution >= 4 is 29.4 Å². The van der Waals surface area contributed by atoms with Crippen molar-refractivity contribution < 1.29 is 9.59 Å². The molecule has 102 valence electrons. The number of carbonyl (C=O) groups excluding carboxylic acids is 2. The minimum Gasteiger partial charge on any atom is -0.272 e. The number of imide groups is 1. The van der Waals surface area contributed by atoms with Crippen LogP contribution in [-0.2, 0) is 9.59 Å².